The van der Waals surface area contributed by atoms with Gasteiger partial charge in [-0.25, -0.2) is 9.59 Å². The van der Waals surface area contributed by atoms with Crippen molar-refractivity contribution in [1.29, 1.82) is 0 Å². The average Bonchev–Trinajstić information content (AvgIpc) is 2.29. The summed E-state index contributed by atoms with van der Waals surface area (Å²) in [5.74, 6) is -0.588. The fourth-order valence-electron chi connectivity index (χ4n) is 1.84. The number of hydrogen-bond donors (Lipinski definition) is 0. The lowest BCUT2D eigenvalue weighted by atomic mass is 9.98. The summed E-state index contributed by atoms with van der Waals surface area (Å²) in [5, 5.41) is 0. The molecule has 6 heteroatoms. The van der Waals surface area contributed by atoms with E-state index < -0.39 is 18.4 Å². The van der Waals surface area contributed by atoms with Crippen molar-refractivity contribution in [3.05, 3.63) is 0 Å². The monoisotopic (exact) mass is 260 g/mol. The topological polar surface area (TPSA) is 71.1 Å². The number of rotatable bonds is 5. The van der Waals surface area contributed by atoms with Crippen molar-refractivity contribution < 1.29 is 28.5 Å². The van der Waals surface area contributed by atoms with Gasteiger partial charge >= 0.3 is 12.1 Å². The van der Waals surface area contributed by atoms with Gasteiger partial charge in [0.25, 0.3) is 0 Å². The van der Waals surface area contributed by atoms with Gasteiger partial charge in [0.2, 0.25) is 6.29 Å². The summed E-state index contributed by atoms with van der Waals surface area (Å²) in [6, 6.07) is 0. The maximum Gasteiger partial charge on any atom is 0.511 e. The summed E-state index contributed by atoms with van der Waals surface area (Å²) in [7, 11) is 1.38. The highest BCUT2D eigenvalue weighted by Gasteiger charge is 2.21. The number of esters is 1. The van der Waals surface area contributed by atoms with Gasteiger partial charge in [-0.15, -0.1) is 0 Å². The van der Waals surface area contributed by atoms with Crippen LogP contribution in [0, 0.1) is 0 Å². The van der Waals surface area contributed by atoms with Crippen molar-refractivity contribution in [2.75, 3.05) is 13.7 Å². The first kappa shape index (κ1) is 14.8. The normalized spacial score (nSPS) is 17.9. The van der Waals surface area contributed by atoms with Crippen LogP contribution >= 0.6 is 0 Å². The molecule has 0 heterocycles. The van der Waals surface area contributed by atoms with Gasteiger partial charge in [0.1, 0.15) is 12.7 Å². The summed E-state index contributed by atoms with van der Waals surface area (Å²) in [6.07, 6.45) is 3.21. The number of carbonyl (C=O) groups excluding carboxylic acids is 2. The predicted molar refractivity (Wildman–Crippen MR) is 61.9 cm³/mol. The van der Waals surface area contributed by atoms with E-state index in [0.717, 1.165) is 25.7 Å². The Morgan fingerprint density at radius 3 is 2.44 bits per heavy atom. The molecule has 1 aliphatic carbocycles. The van der Waals surface area contributed by atoms with E-state index in [0.29, 0.717) is 0 Å². The van der Waals surface area contributed by atoms with Crippen LogP contribution in [-0.4, -0.2) is 38.2 Å². The molecule has 0 saturated heterocycles. The summed E-state index contributed by atoms with van der Waals surface area (Å²) in [5.41, 5.74) is 0. The zero-order valence-electron chi connectivity index (χ0n) is 10.8. The number of hydrogen-bond acceptors (Lipinski definition) is 6. The Balaban J connectivity index is 2.19. The third-order valence-electron chi connectivity index (χ3n) is 2.64. The molecule has 1 unspecified atom stereocenters. The molecule has 1 atom stereocenters. The first-order valence-electron chi connectivity index (χ1n) is 6.17. The molecular weight excluding hydrogens is 240 g/mol. The Morgan fingerprint density at radius 1 is 1.17 bits per heavy atom. The lowest BCUT2D eigenvalue weighted by molar-refractivity contribution is -0.173. The Kier molecular flexibility index (Phi) is 6.49. The molecule has 0 aromatic heterocycles. The van der Waals surface area contributed by atoms with E-state index in [2.05, 4.69) is 4.74 Å². The van der Waals surface area contributed by atoms with E-state index in [1.165, 1.54) is 20.5 Å². The highest BCUT2D eigenvalue weighted by molar-refractivity contribution is 5.71. The molecule has 104 valence electrons. The molecule has 1 rings (SSSR count). The summed E-state index contributed by atoms with van der Waals surface area (Å²) in [4.78, 5) is 22.4. The van der Waals surface area contributed by atoms with E-state index in [4.69, 9.17) is 14.2 Å². The Hall–Kier alpha value is -1.30. The van der Waals surface area contributed by atoms with Gasteiger partial charge in [0.05, 0.1) is 0 Å². The molecule has 1 aliphatic rings. The maximum absolute atomic E-state index is 11.4. The first-order chi connectivity index (χ1) is 8.61. The third kappa shape index (κ3) is 5.86. The van der Waals surface area contributed by atoms with Gasteiger partial charge in [-0.05, 0) is 25.7 Å². The molecule has 0 aliphatic heterocycles. The van der Waals surface area contributed by atoms with Crippen LogP contribution in [0.1, 0.15) is 39.0 Å². The molecule has 0 N–H and O–H groups in total. The molecule has 18 heavy (non-hydrogen) atoms. The minimum atomic E-state index is -0.969. The molecule has 1 fully saturated rings. The van der Waals surface area contributed by atoms with E-state index in [1.54, 1.807) is 0 Å². The van der Waals surface area contributed by atoms with Crippen LogP contribution in [0.25, 0.3) is 0 Å². The van der Waals surface area contributed by atoms with Crippen molar-refractivity contribution in [2.45, 2.75) is 51.4 Å². The van der Waals surface area contributed by atoms with Gasteiger partial charge < -0.3 is 18.9 Å². The Bertz CT molecular complexity index is 272. The zero-order valence-corrected chi connectivity index (χ0v) is 10.8. The van der Waals surface area contributed by atoms with E-state index in [9.17, 15) is 9.59 Å². The number of carbonyl (C=O) groups is 2. The second-order valence-electron chi connectivity index (χ2n) is 4.24. The van der Waals surface area contributed by atoms with Crippen molar-refractivity contribution in [1.82, 2.24) is 0 Å². The maximum atomic E-state index is 11.4. The number of ether oxygens (including phenoxy) is 4. The Morgan fingerprint density at radius 2 is 1.83 bits per heavy atom. The van der Waals surface area contributed by atoms with Gasteiger partial charge in [0, 0.05) is 14.0 Å². The quantitative estimate of drug-likeness (QED) is 0.556. The molecule has 0 aromatic rings. The molecule has 0 aromatic carbocycles. The second kappa shape index (κ2) is 7.92. The fourth-order valence-corrected chi connectivity index (χ4v) is 1.84. The minimum Gasteiger partial charge on any atom is -0.431 e. The minimum absolute atomic E-state index is 0.0758. The number of methoxy groups -OCH3 is 1. The van der Waals surface area contributed by atoms with Gasteiger partial charge in [0.15, 0.2) is 0 Å². The van der Waals surface area contributed by atoms with Crippen LogP contribution in [-0.2, 0) is 23.7 Å². The summed E-state index contributed by atoms with van der Waals surface area (Å²) < 4.78 is 19.3. The second-order valence-corrected chi connectivity index (χ2v) is 4.24. The summed E-state index contributed by atoms with van der Waals surface area (Å²) in [6.45, 7) is 1.28. The standard InChI is InChI=1S/C12H20O6/c1-9(16-11(13)8-15-2)17-12(14)18-10-6-4-3-5-7-10/h9-10H,3-8H2,1-2H3. The molecule has 0 radical (unpaired) electrons. The van der Waals surface area contributed by atoms with Crippen LogP contribution in [0.2, 0.25) is 0 Å². The van der Waals surface area contributed by atoms with E-state index >= 15 is 0 Å². The smallest absolute Gasteiger partial charge is 0.431 e. The summed E-state index contributed by atoms with van der Waals surface area (Å²) >= 11 is 0. The highest BCUT2D eigenvalue weighted by atomic mass is 16.8. The molecule has 0 spiro atoms. The van der Waals surface area contributed by atoms with Crippen LogP contribution in [0.15, 0.2) is 0 Å². The lowest BCUT2D eigenvalue weighted by Gasteiger charge is -2.22. The van der Waals surface area contributed by atoms with Crippen molar-refractivity contribution in [3.63, 3.8) is 0 Å². The van der Waals surface area contributed by atoms with Gasteiger partial charge in [-0.1, -0.05) is 6.42 Å². The van der Waals surface area contributed by atoms with Crippen LogP contribution in [0.5, 0.6) is 0 Å². The zero-order chi connectivity index (χ0) is 13.4. The largest absolute Gasteiger partial charge is 0.511 e. The molecule has 1 saturated carbocycles. The Labute approximate surface area is 107 Å². The average molecular weight is 260 g/mol. The van der Waals surface area contributed by atoms with E-state index in [-0.39, 0.29) is 12.7 Å². The van der Waals surface area contributed by atoms with Crippen molar-refractivity contribution in [3.8, 4) is 0 Å². The predicted octanol–water partition coefficient (Wildman–Crippen LogP) is 2.01. The van der Waals surface area contributed by atoms with Gasteiger partial charge in [-0.3, -0.25) is 0 Å². The molecule has 0 amide bonds. The fraction of sp³-hybridized carbons (Fsp3) is 0.833. The van der Waals surface area contributed by atoms with Crippen LogP contribution in [0.3, 0.4) is 0 Å². The lowest BCUT2D eigenvalue weighted by Crippen LogP contribution is -2.27. The van der Waals surface area contributed by atoms with Gasteiger partial charge in [-0.2, -0.15) is 0 Å². The van der Waals surface area contributed by atoms with Crippen molar-refractivity contribution >= 4 is 12.1 Å². The van der Waals surface area contributed by atoms with Crippen LogP contribution in [0.4, 0.5) is 4.79 Å². The third-order valence-corrected chi connectivity index (χ3v) is 2.64. The highest BCUT2D eigenvalue weighted by Crippen LogP contribution is 2.20. The molecule has 0 bridgehead atoms. The SMILES string of the molecule is COCC(=O)OC(C)OC(=O)OC1CCCCC1. The molecule has 6 nitrogen and oxygen atoms in total. The van der Waals surface area contributed by atoms with Crippen LogP contribution < -0.4 is 0 Å². The first-order valence-corrected chi connectivity index (χ1v) is 6.17. The molecular formula is C12H20O6. The van der Waals surface area contributed by atoms with Crippen molar-refractivity contribution in [2.24, 2.45) is 0 Å². The van der Waals surface area contributed by atoms with E-state index in [1.807, 2.05) is 0 Å².